The van der Waals surface area contributed by atoms with Gasteiger partial charge in [0.2, 0.25) is 0 Å². The predicted octanol–water partition coefficient (Wildman–Crippen LogP) is 6.98. The number of rotatable bonds is 9. The molecule has 0 aliphatic carbocycles. The van der Waals surface area contributed by atoms with Gasteiger partial charge in [-0.2, -0.15) is 0 Å². The molecule has 0 atom stereocenters. The lowest BCUT2D eigenvalue weighted by molar-refractivity contribution is 0.0985. The predicted molar refractivity (Wildman–Crippen MR) is 150 cm³/mol. The van der Waals surface area contributed by atoms with Crippen molar-refractivity contribution in [1.82, 2.24) is 4.98 Å². The fourth-order valence-electron chi connectivity index (χ4n) is 4.83. The van der Waals surface area contributed by atoms with E-state index in [1.54, 1.807) is 30.6 Å². The Hall–Kier alpha value is -4.19. The first-order valence-electron chi connectivity index (χ1n) is 13.1. The molecule has 5 nitrogen and oxygen atoms in total. The van der Waals surface area contributed by atoms with Crippen LogP contribution in [-0.2, 0) is 12.8 Å². The number of aromatic amines is 1. The first kappa shape index (κ1) is 25.5. The van der Waals surface area contributed by atoms with Gasteiger partial charge in [-0.05, 0) is 84.5 Å². The normalized spacial score (nSPS) is 13.9. The van der Waals surface area contributed by atoms with Crippen LogP contribution in [0.2, 0.25) is 0 Å². The highest BCUT2D eigenvalue weighted by molar-refractivity contribution is 5.98. The topological polar surface area (TPSA) is 65.2 Å². The monoisotopic (exact) mass is 509 g/mol. The molecule has 0 radical (unpaired) electrons. The summed E-state index contributed by atoms with van der Waals surface area (Å²) in [6, 6.07) is 21.9. The molecule has 2 N–H and O–H groups in total. The van der Waals surface area contributed by atoms with Crippen LogP contribution in [0.1, 0.15) is 51.6 Å². The Kier molecular flexibility index (Phi) is 7.68. The Morgan fingerprint density at radius 3 is 2.18 bits per heavy atom. The van der Waals surface area contributed by atoms with E-state index in [0.29, 0.717) is 28.8 Å². The maximum atomic E-state index is 14.7. The SMILES string of the molecule is CC1CCN(c2ccc(C(=O)Cc3ccc(Nc4ccc(CC(=O)c5cc[nH]c5)cc4F)cc3)cc2)CC1. The van der Waals surface area contributed by atoms with Crippen molar-refractivity contribution in [3.05, 3.63) is 113 Å². The van der Waals surface area contributed by atoms with Gasteiger partial charge in [-0.25, -0.2) is 4.39 Å². The molecule has 1 fully saturated rings. The minimum absolute atomic E-state index is 0.0656. The number of carbonyl (C=O) groups excluding carboxylic acids is 2. The molecule has 1 saturated heterocycles. The molecule has 0 bridgehead atoms. The maximum Gasteiger partial charge on any atom is 0.168 e. The average Bonchev–Trinajstić information content (AvgIpc) is 3.47. The van der Waals surface area contributed by atoms with Crippen LogP contribution in [0, 0.1) is 11.7 Å². The van der Waals surface area contributed by atoms with Gasteiger partial charge in [-0.1, -0.05) is 25.1 Å². The fraction of sp³-hybridized carbons (Fsp3) is 0.250. The lowest BCUT2D eigenvalue weighted by Gasteiger charge is -2.32. The highest BCUT2D eigenvalue weighted by atomic mass is 19.1. The van der Waals surface area contributed by atoms with Gasteiger partial charge in [0.15, 0.2) is 11.6 Å². The quantitative estimate of drug-likeness (QED) is 0.239. The van der Waals surface area contributed by atoms with Gasteiger partial charge >= 0.3 is 0 Å². The molecule has 0 saturated carbocycles. The van der Waals surface area contributed by atoms with Gasteiger partial charge in [0, 0.05) is 60.8 Å². The van der Waals surface area contributed by atoms with Crippen LogP contribution < -0.4 is 10.2 Å². The summed E-state index contributed by atoms with van der Waals surface area (Å²) in [6.45, 7) is 4.43. The first-order chi connectivity index (χ1) is 18.4. The largest absolute Gasteiger partial charge is 0.372 e. The maximum absolute atomic E-state index is 14.7. The number of benzene rings is 3. The molecule has 6 heteroatoms. The van der Waals surface area contributed by atoms with Gasteiger partial charge in [-0.15, -0.1) is 0 Å². The molecule has 194 valence electrons. The van der Waals surface area contributed by atoms with E-state index in [-0.39, 0.29) is 18.0 Å². The lowest BCUT2D eigenvalue weighted by atomic mass is 9.98. The molecule has 3 aromatic carbocycles. The van der Waals surface area contributed by atoms with Crippen LogP contribution in [0.15, 0.2) is 85.2 Å². The van der Waals surface area contributed by atoms with Crippen molar-refractivity contribution < 1.29 is 14.0 Å². The number of anilines is 3. The van der Waals surface area contributed by atoms with Crippen LogP contribution in [0.25, 0.3) is 0 Å². The zero-order valence-corrected chi connectivity index (χ0v) is 21.5. The molecular weight excluding hydrogens is 477 g/mol. The molecule has 0 spiro atoms. The third-order valence-corrected chi connectivity index (χ3v) is 7.25. The van der Waals surface area contributed by atoms with E-state index in [2.05, 4.69) is 22.1 Å². The highest BCUT2D eigenvalue weighted by Gasteiger charge is 2.16. The second kappa shape index (κ2) is 11.5. The molecule has 1 aliphatic heterocycles. The van der Waals surface area contributed by atoms with Crippen molar-refractivity contribution in [1.29, 1.82) is 0 Å². The number of piperidine rings is 1. The third kappa shape index (κ3) is 6.20. The molecule has 0 amide bonds. The van der Waals surface area contributed by atoms with E-state index in [4.69, 9.17) is 0 Å². The van der Waals surface area contributed by atoms with Crippen molar-refractivity contribution >= 4 is 28.6 Å². The number of carbonyl (C=O) groups is 2. The first-order valence-corrected chi connectivity index (χ1v) is 13.1. The van der Waals surface area contributed by atoms with Gasteiger partial charge < -0.3 is 15.2 Å². The van der Waals surface area contributed by atoms with Crippen LogP contribution in [-0.4, -0.2) is 29.6 Å². The summed E-state index contributed by atoms with van der Waals surface area (Å²) in [5.41, 5.74) is 5.02. The molecular formula is C32H32FN3O2. The molecule has 4 aromatic rings. The van der Waals surface area contributed by atoms with Crippen LogP contribution >= 0.6 is 0 Å². The van der Waals surface area contributed by atoms with Gasteiger partial charge in [0.25, 0.3) is 0 Å². The highest BCUT2D eigenvalue weighted by Crippen LogP contribution is 2.25. The number of Topliss-reactive ketones (excluding diaryl/α,β-unsaturated/α-hetero) is 2. The van der Waals surface area contributed by atoms with Crippen LogP contribution in [0.4, 0.5) is 21.5 Å². The summed E-state index contributed by atoms with van der Waals surface area (Å²) in [5, 5.41) is 3.08. The Labute approximate surface area is 222 Å². The summed E-state index contributed by atoms with van der Waals surface area (Å²) >= 11 is 0. The van der Waals surface area contributed by atoms with E-state index < -0.39 is 5.82 Å². The summed E-state index contributed by atoms with van der Waals surface area (Å²) in [6.07, 6.45) is 6.18. The van der Waals surface area contributed by atoms with Crippen molar-refractivity contribution in [2.75, 3.05) is 23.3 Å². The van der Waals surface area contributed by atoms with Crippen molar-refractivity contribution in [3.63, 3.8) is 0 Å². The van der Waals surface area contributed by atoms with Gasteiger partial charge in [-0.3, -0.25) is 9.59 Å². The minimum Gasteiger partial charge on any atom is -0.372 e. The number of hydrogen-bond donors (Lipinski definition) is 2. The summed E-state index contributed by atoms with van der Waals surface area (Å²) in [7, 11) is 0. The number of ketones is 2. The van der Waals surface area contributed by atoms with Crippen LogP contribution in [0.5, 0.6) is 0 Å². The van der Waals surface area contributed by atoms with E-state index in [1.807, 2.05) is 48.5 Å². The second-order valence-corrected chi connectivity index (χ2v) is 10.2. The molecule has 5 rings (SSSR count). The Morgan fingerprint density at radius 1 is 0.868 bits per heavy atom. The number of halogens is 1. The van der Waals surface area contributed by atoms with E-state index in [1.165, 1.54) is 24.6 Å². The summed E-state index contributed by atoms with van der Waals surface area (Å²) < 4.78 is 14.7. The average molecular weight is 510 g/mol. The molecule has 1 aliphatic rings. The van der Waals surface area contributed by atoms with E-state index in [0.717, 1.165) is 30.3 Å². The molecule has 0 unspecified atom stereocenters. The molecule has 1 aromatic heterocycles. The number of hydrogen-bond acceptors (Lipinski definition) is 4. The Bertz CT molecular complexity index is 1390. The number of nitrogens with zero attached hydrogens (tertiary/aromatic N) is 1. The Balaban J connectivity index is 1.16. The van der Waals surface area contributed by atoms with Gasteiger partial charge in [0.05, 0.1) is 5.69 Å². The van der Waals surface area contributed by atoms with Crippen molar-refractivity contribution in [2.24, 2.45) is 5.92 Å². The second-order valence-electron chi connectivity index (χ2n) is 10.2. The van der Waals surface area contributed by atoms with Gasteiger partial charge in [0.1, 0.15) is 5.82 Å². The summed E-state index contributed by atoms with van der Waals surface area (Å²) in [5.74, 6) is 0.362. The number of H-pyrrole nitrogens is 1. The van der Waals surface area contributed by atoms with Crippen molar-refractivity contribution in [2.45, 2.75) is 32.6 Å². The zero-order chi connectivity index (χ0) is 26.5. The van der Waals surface area contributed by atoms with E-state index in [9.17, 15) is 14.0 Å². The minimum atomic E-state index is -0.425. The third-order valence-electron chi connectivity index (χ3n) is 7.25. The van der Waals surface area contributed by atoms with Crippen LogP contribution in [0.3, 0.4) is 0 Å². The standard InChI is InChI=1S/C32H32FN3O2/c1-22-13-16-36(17-14-22)28-9-5-25(6-10-28)31(37)19-23-2-7-27(8-3-23)35-30-11-4-24(18-29(30)33)20-32(38)26-12-15-34-21-26/h2-12,15,18,21-22,34-35H,13-14,16-17,19-20H2,1H3. The Morgan fingerprint density at radius 2 is 1.53 bits per heavy atom. The smallest absolute Gasteiger partial charge is 0.168 e. The molecule has 38 heavy (non-hydrogen) atoms. The number of aromatic nitrogens is 1. The number of nitrogens with one attached hydrogen (secondary N) is 2. The van der Waals surface area contributed by atoms with E-state index >= 15 is 0 Å². The molecule has 2 heterocycles. The summed E-state index contributed by atoms with van der Waals surface area (Å²) in [4.78, 5) is 30.4. The fourth-order valence-corrected chi connectivity index (χ4v) is 4.83. The van der Waals surface area contributed by atoms with Crippen molar-refractivity contribution in [3.8, 4) is 0 Å². The lowest BCUT2D eigenvalue weighted by Crippen LogP contribution is -2.32. The zero-order valence-electron chi connectivity index (χ0n) is 21.5.